The third-order valence-electron chi connectivity index (χ3n) is 4.06. The number of rotatable bonds is 3. The first-order chi connectivity index (χ1) is 10.1. The van der Waals surface area contributed by atoms with Gasteiger partial charge in [0.15, 0.2) is 0 Å². The zero-order chi connectivity index (χ0) is 14.8. The van der Waals surface area contributed by atoms with Gasteiger partial charge in [0.25, 0.3) is 0 Å². The van der Waals surface area contributed by atoms with Crippen molar-refractivity contribution in [3.63, 3.8) is 0 Å². The molecule has 0 aliphatic carbocycles. The molecular formula is C15H18FN3O2. The third-order valence-corrected chi connectivity index (χ3v) is 4.06. The zero-order valence-corrected chi connectivity index (χ0v) is 11.8. The number of likely N-dealkylation sites (tertiary alicyclic amines) is 1. The van der Waals surface area contributed by atoms with Crippen LogP contribution >= 0.6 is 0 Å². The van der Waals surface area contributed by atoms with E-state index in [4.69, 9.17) is 0 Å². The summed E-state index contributed by atoms with van der Waals surface area (Å²) in [5.41, 5.74) is 0.616. The minimum absolute atomic E-state index is 0.0865. The minimum Gasteiger partial charge on any atom is -0.367 e. The molecule has 5 nitrogen and oxygen atoms in total. The molecule has 3 rings (SSSR count). The lowest BCUT2D eigenvalue weighted by Gasteiger charge is -2.37. The van der Waals surface area contributed by atoms with Crippen LogP contribution in [0.25, 0.3) is 0 Å². The highest BCUT2D eigenvalue weighted by Gasteiger charge is 2.31. The smallest absolute Gasteiger partial charge is 0.230 e. The molecule has 0 atom stereocenters. The van der Waals surface area contributed by atoms with Gasteiger partial charge in [-0.3, -0.25) is 19.4 Å². The molecule has 2 heterocycles. The molecule has 0 aromatic heterocycles. The fourth-order valence-corrected chi connectivity index (χ4v) is 2.82. The van der Waals surface area contributed by atoms with Gasteiger partial charge in [-0.1, -0.05) is 12.1 Å². The first-order valence-electron chi connectivity index (χ1n) is 7.20. The van der Waals surface area contributed by atoms with Crippen molar-refractivity contribution < 1.29 is 14.0 Å². The lowest BCUT2D eigenvalue weighted by atomic mass is 10.2. The summed E-state index contributed by atoms with van der Waals surface area (Å²) >= 11 is 0. The molecule has 0 unspecified atom stereocenters. The Balaban J connectivity index is 1.57. The van der Waals surface area contributed by atoms with Crippen LogP contribution in [-0.4, -0.2) is 54.5 Å². The van der Waals surface area contributed by atoms with Crippen LogP contribution in [-0.2, 0) is 9.59 Å². The molecule has 2 fully saturated rings. The van der Waals surface area contributed by atoms with Gasteiger partial charge >= 0.3 is 0 Å². The second-order valence-electron chi connectivity index (χ2n) is 5.41. The number of amides is 2. The number of halogens is 1. The van der Waals surface area contributed by atoms with Gasteiger partial charge in [-0.25, -0.2) is 4.39 Å². The highest BCUT2D eigenvalue weighted by atomic mass is 19.1. The van der Waals surface area contributed by atoms with Gasteiger partial charge in [0.1, 0.15) is 5.82 Å². The average molecular weight is 291 g/mol. The molecule has 0 spiro atoms. The largest absolute Gasteiger partial charge is 0.367 e. The predicted molar refractivity (Wildman–Crippen MR) is 76.1 cm³/mol. The normalized spacial score (nSPS) is 20.4. The van der Waals surface area contributed by atoms with E-state index in [2.05, 4.69) is 4.90 Å². The Hall–Kier alpha value is -1.95. The van der Waals surface area contributed by atoms with E-state index in [-0.39, 0.29) is 17.6 Å². The van der Waals surface area contributed by atoms with E-state index in [0.29, 0.717) is 51.4 Å². The lowest BCUT2D eigenvalue weighted by Crippen LogP contribution is -2.51. The van der Waals surface area contributed by atoms with Gasteiger partial charge in [0.05, 0.1) is 12.4 Å². The van der Waals surface area contributed by atoms with Crippen molar-refractivity contribution in [1.29, 1.82) is 0 Å². The second-order valence-corrected chi connectivity index (χ2v) is 5.41. The zero-order valence-electron chi connectivity index (χ0n) is 11.8. The molecule has 112 valence electrons. The number of benzene rings is 1. The van der Waals surface area contributed by atoms with Gasteiger partial charge in [0.2, 0.25) is 11.8 Å². The SMILES string of the molecule is O=C1CCC(=O)N1CN1CCN(c2ccccc2F)CC1. The molecule has 2 aliphatic rings. The molecule has 2 saturated heterocycles. The number of nitrogens with zero attached hydrogens (tertiary/aromatic N) is 3. The highest BCUT2D eigenvalue weighted by molar-refractivity contribution is 6.01. The topological polar surface area (TPSA) is 43.9 Å². The number of carbonyl (C=O) groups is 2. The minimum atomic E-state index is -0.212. The molecule has 21 heavy (non-hydrogen) atoms. The summed E-state index contributed by atoms with van der Waals surface area (Å²) in [7, 11) is 0. The summed E-state index contributed by atoms with van der Waals surface area (Å²) in [6, 6.07) is 6.74. The van der Waals surface area contributed by atoms with Crippen molar-refractivity contribution in [1.82, 2.24) is 9.80 Å². The Bertz CT molecular complexity index is 540. The molecule has 0 N–H and O–H groups in total. The van der Waals surface area contributed by atoms with Gasteiger partial charge in [-0.05, 0) is 12.1 Å². The molecule has 2 aliphatic heterocycles. The summed E-state index contributed by atoms with van der Waals surface area (Å²) in [5, 5.41) is 0. The van der Waals surface area contributed by atoms with E-state index >= 15 is 0 Å². The standard InChI is InChI=1S/C15H18FN3O2/c16-12-3-1-2-4-13(12)18-9-7-17(8-10-18)11-19-14(20)5-6-15(19)21/h1-4H,5-11H2. The number of piperazine rings is 1. The Morgan fingerprint density at radius 3 is 2.19 bits per heavy atom. The van der Waals surface area contributed by atoms with Gasteiger partial charge in [0, 0.05) is 39.0 Å². The molecule has 0 radical (unpaired) electrons. The van der Waals surface area contributed by atoms with Gasteiger partial charge in [-0.2, -0.15) is 0 Å². The fourth-order valence-electron chi connectivity index (χ4n) is 2.82. The van der Waals surface area contributed by atoms with Crippen LogP contribution < -0.4 is 4.90 Å². The number of hydrogen-bond donors (Lipinski definition) is 0. The quantitative estimate of drug-likeness (QED) is 0.781. The number of para-hydroxylation sites is 1. The number of imide groups is 1. The number of hydrogen-bond acceptors (Lipinski definition) is 4. The van der Waals surface area contributed by atoms with Crippen molar-refractivity contribution in [2.24, 2.45) is 0 Å². The summed E-state index contributed by atoms with van der Waals surface area (Å²) in [6.45, 7) is 3.17. The average Bonchev–Trinajstić information content (AvgIpc) is 2.81. The predicted octanol–water partition coefficient (Wildman–Crippen LogP) is 1.05. The molecular weight excluding hydrogens is 273 g/mol. The van der Waals surface area contributed by atoms with E-state index in [9.17, 15) is 14.0 Å². The summed E-state index contributed by atoms with van der Waals surface area (Å²) in [6.07, 6.45) is 0.655. The Morgan fingerprint density at radius 2 is 1.57 bits per heavy atom. The molecule has 1 aromatic rings. The van der Waals surface area contributed by atoms with Crippen molar-refractivity contribution in [3.05, 3.63) is 30.1 Å². The summed E-state index contributed by atoms with van der Waals surface area (Å²) < 4.78 is 13.7. The Labute approximate surface area is 122 Å². The van der Waals surface area contributed by atoms with Crippen LogP contribution in [0, 0.1) is 5.82 Å². The van der Waals surface area contributed by atoms with Gasteiger partial charge in [-0.15, -0.1) is 0 Å². The maximum atomic E-state index is 13.7. The lowest BCUT2D eigenvalue weighted by molar-refractivity contribution is -0.140. The Kier molecular flexibility index (Phi) is 3.88. The van der Waals surface area contributed by atoms with Crippen molar-refractivity contribution >= 4 is 17.5 Å². The maximum absolute atomic E-state index is 13.7. The van der Waals surface area contributed by atoms with Crippen molar-refractivity contribution in [2.75, 3.05) is 37.7 Å². The van der Waals surface area contributed by atoms with Crippen LogP contribution in [0.5, 0.6) is 0 Å². The van der Waals surface area contributed by atoms with Crippen molar-refractivity contribution in [2.45, 2.75) is 12.8 Å². The molecule has 0 bridgehead atoms. The number of carbonyl (C=O) groups excluding carboxylic acids is 2. The summed E-state index contributed by atoms with van der Waals surface area (Å²) in [5.74, 6) is -0.385. The van der Waals surface area contributed by atoms with E-state index in [0.717, 1.165) is 0 Å². The maximum Gasteiger partial charge on any atom is 0.230 e. The first kappa shape index (κ1) is 14.0. The van der Waals surface area contributed by atoms with Crippen LogP contribution in [0.2, 0.25) is 0 Å². The van der Waals surface area contributed by atoms with Crippen LogP contribution in [0.3, 0.4) is 0 Å². The fraction of sp³-hybridized carbons (Fsp3) is 0.467. The van der Waals surface area contributed by atoms with Crippen molar-refractivity contribution in [3.8, 4) is 0 Å². The second kappa shape index (κ2) is 5.81. The third kappa shape index (κ3) is 2.90. The molecule has 1 aromatic carbocycles. The summed E-state index contributed by atoms with van der Waals surface area (Å²) in [4.78, 5) is 28.6. The van der Waals surface area contributed by atoms with Crippen LogP contribution in [0.1, 0.15) is 12.8 Å². The molecule has 0 saturated carbocycles. The first-order valence-corrected chi connectivity index (χ1v) is 7.20. The van der Waals surface area contributed by atoms with E-state index in [1.165, 1.54) is 11.0 Å². The number of anilines is 1. The van der Waals surface area contributed by atoms with E-state index < -0.39 is 0 Å². The van der Waals surface area contributed by atoms with E-state index in [1.54, 1.807) is 12.1 Å². The van der Waals surface area contributed by atoms with E-state index in [1.807, 2.05) is 11.0 Å². The molecule has 2 amide bonds. The van der Waals surface area contributed by atoms with Crippen LogP contribution in [0.4, 0.5) is 10.1 Å². The monoisotopic (exact) mass is 291 g/mol. The van der Waals surface area contributed by atoms with Crippen LogP contribution in [0.15, 0.2) is 24.3 Å². The van der Waals surface area contributed by atoms with Gasteiger partial charge < -0.3 is 4.90 Å². The highest BCUT2D eigenvalue weighted by Crippen LogP contribution is 2.20. The molecule has 6 heteroatoms. The Morgan fingerprint density at radius 1 is 0.952 bits per heavy atom.